The highest BCUT2D eigenvalue weighted by atomic mass is 32.1. The molecule has 1 saturated carbocycles. The number of benzene rings is 1. The van der Waals surface area contributed by atoms with Crippen LogP contribution in [0.1, 0.15) is 78.2 Å². The number of carbonyl (C=O) groups excluding carboxylic acids is 1. The number of hydrogen-bond acceptors (Lipinski definition) is 7. The normalized spacial score (nSPS) is 22.5. The molecular formula is C30H47NO5SSi. The lowest BCUT2D eigenvalue weighted by Gasteiger charge is -2.47. The van der Waals surface area contributed by atoms with E-state index in [1.54, 1.807) is 18.4 Å². The van der Waals surface area contributed by atoms with Gasteiger partial charge in [0.15, 0.2) is 8.32 Å². The number of thiazole rings is 1. The van der Waals surface area contributed by atoms with Crippen LogP contribution in [0.3, 0.4) is 0 Å². The van der Waals surface area contributed by atoms with E-state index in [4.69, 9.17) is 23.6 Å². The molecule has 0 aliphatic heterocycles. The maximum Gasteiger partial charge on any atom is 0.309 e. The molecule has 0 amide bonds. The topological polar surface area (TPSA) is 66.9 Å². The second-order valence-electron chi connectivity index (χ2n) is 11.8. The molecule has 0 N–H and O–H groups in total. The summed E-state index contributed by atoms with van der Waals surface area (Å²) in [6.07, 6.45) is 2.87. The molecule has 0 unspecified atom stereocenters. The highest BCUT2D eigenvalue weighted by Gasteiger charge is 2.49. The minimum absolute atomic E-state index is 0.0478. The minimum atomic E-state index is -2.15. The number of hydrogen-bond donors (Lipinski definition) is 0. The van der Waals surface area contributed by atoms with Crippen LogP contribution >= 0.6 is 11.3 Å². The minimum Gasteiger partial charge on any atom is -0.497 e. The Kier molecular flexibility index (Phi) is 10.6. The molecule has 4 atom stereocenters. The Hall–Kier alpha value is -1.74. The molecule has 0 saturated heterocycles. The Balaban J connectivity index is 2.03. The molecule has 0 spiro atoms. The van der Waals surface area contributed by atoms with Crippen molar-refractivity contribution >= 4 is 25.6 Å². The smallest absolute Gasteiger partial charge is 0.309 e. The molecule has 1 fully saturated rings. The van der Waals surface area contributed by atoms with E-state index in [0.717, 1.165) is 34.9 Å². The molecule has 6 nitrogen and oxygen atoms in total. The van der Waals surface area contributed by atoms with Crippen molar-refractivity contribution in [3.05, 3.63) is 34.7 Å². The van der Waals surface area contributed by atoms with Crippen LogP contribution in [0, 0.1) is 5.92 Å². The lowest BCUT2D eigenvalue weighted by Crippen LogP contribution is -2.53. The Labute approximate surface area is 234 Å². The van der Waals surface area contributed by atoms with Gasteiger partial charge in [-0.15, -0.1) is 11.3 Å². The summed E-state index contributed by atoms with van der Waals surface area (Å²) in [6.45, 7) is 17.9. The van der Waals surface area contributed by atoms with Gasteiger partial charge in [-0.25, -0.2) is 4.98 Å². The van der Waals surface area contributed by atoms with Gasteiger partial charge in [-0.1, -0.05) is 34.6 Å². The first kappa shape index (κ1) is 30.8. The third kappa shape index (κ3) is 7.26. The molecule has 38 heavy (non-hydrogen) atoms. The Morgan fingerprint density at radius 2 is 1.76 bits per heavy atom. The average molecular weight is 562 g/mol. The highest BCUT2D eigenvalue weighted by Crippen LogP contribution is 2.46. The van der Waals surface area contributed by atoms with E-state index in [9.17, 15) is 4.79 Å². The fourth-order valence-electron chi connectivity index (χ4n) is 4.79. The summed E-state index contributed by atoms with van der Waals surface area (Å²) >= 11 is 1.64. The van der Waals surface area contributed by atoms with E-state index < -0.39 is 8.32 Å². The van der Waals surface area contributed by atoms with Crippen molar-refractivity contribution in [2.75, 3.05) is 13.7 Å². The third-order valence-corrected chi connectivity index (χ3v) is 13.6. The number of methoxy groups -OCH3 is 1. The summed E-state index contributed by atoms with van der Waals surface area (Å²) in [7, 11) is -0.477. The van der Waals surface area contributed by atoms with Crippen molar-refractivity contribution in [1.29, 1.82) is 0 Å². The van der Waals surface area contributed by atoms with Crippen LogP contribution in [0.15, 0.2) is 29.6 Å². The Morgan fingerprint density at radius 1 is 1.11 bits per heavy atom. The summed E-state index contributed by atoms with van der Waals surface area (Å²) in [6, 6.07) is 7.97. The molecule has 0 bridgehead atoms. The van der Waals surface area contributed by atoms with Gasteiger partial charge in [0, 0.05) is 16.9 Å². The second kappa shape index (κ2) is 13.1. The van der Waals surface area contributed by atoms with Gasteiger partial charge in [0.25, 0.3) is 0 Å². The number of rotatable bonds is 11. The van der Waals surface area contributed by atoms with Crippen molar-refractivity contribution in [3.63, 3.8) is 0 Å². The van der Waals surface area contributed by atoms with E-state index in [0.29, 0.717) is 19.4 Å². The molecule has 3 rings (SSSR count). The van der Waals surface area contributed by atoms with Crippen molar-refractivity contribution in [2.45, 2.75) is 110 Å². The molecule has 2 aromatic rings. The van der Waals surface area contributed by atoms with E-state index in [-0.39, 0.29) is 41.2 Å². The monoisotopic (exact) mass is 561 g/mol. The zero-order valence-corrected chi connectivity index (χ0v) is 26.5. The van der Waals surface area contributed by atoms with Gasteiger partial charge in [0.05, 0.1) is 48.6 Å². The maximum absolute atomic E-state index is 13.0. The predicted molar refractivity (Wildman–Crippen MR) is 158 cm³/mol. The van der Waals surface area contributed by atoms with Crippen LogP contribution in [0.25, 0.3) is 11.3 Å². The first-order valence-corrected chi connectivity index (χ1v) is 17.8. The maximum atomic E-state index is 13.0. The summed E-state index contributed by atoms with van der Waals surface area (Å²) in [5.41, 5.74) is 1.96. The summed E-state index contributed by atoms with van der Waals surface area (Å²) in [4.78, 5) is 18.1. The predicted octanol–water partition coefficient (Wildman–Crippen LogP) is 7.84. The van der Waals surface area contributed by atoms with Crippen LogP contribution in [0.4, 0.5) is 0 Å². The first-order chi connectivity index (χ1) is 17.9. The van der Waals surface area contributed by atoms with Crippen LogP contribution in [-0.2, 0) is 18.7 Å². The average Bonchev–Trinajstić information content (AvgIpc) is 3.37. The van der Waals surface area contributed by atoms with Crippen LogP contribution < -0.4 is 4.74 Å². The van der Waals surface area contributed by atoms with Crippen LogP contribution in [0.2, 0.25) is 18.1 Å². The van der Waals surface area contributed by atoms with Gasteiger partial charge < -0.3 is 18.6 Å². The second-order valence-corrected chi connectivity index (χ2v) is 17.4. The molecule has 0 radical (unpaired) electrons. The number of ether oxygens (including phenoxy) is 3. The zero-order valence-electron chi connectivity index (χ0n) is 24.7. The molecular weight excluding hydrogens is 514 g/mol. The SMILES string of the molecule is CCOC(=O)[C@H]1C[C@@H](OC(CC)CC)[C@@H](O[Si](C)(C)C(C)(C)C)[C@H](c2nc(-c3ccc(OC)cc3)cs2)C1. The van der Waals surface area contributed by atoms with Crippen molar-refractivity contribution in [2.24, 2.45) is 5.92 Å². The standard InChI is InChI=1S/C30H47NO5SSi/c1-10-22(11-2)35-26-18-21(29(32)34-12-3)17-24(27(26)36-38(8,9)30(4,5)6)28-31-25(19-37-28)20-13-15-23(33-7)16-14-20/h13-16,19,21-22,24,26-27H,10-12,17-18H2,1-9H3/t21-,24-,26-,27+/m1/s1. The fourth-order valence-corrected chi connectivity index (χ4v) is 7.12. The summed E-state index contributed by atoms with van der Waals surface area (Å²) in [5.74, 6) is 0.377. The number of aromatic nitrogens is 1. The van der Waals surface area contributed by atoms with E-state index in [1.807, 2.05) is 31.2 Å². The largest absolute Gasteiger partial charge is 0.497 e. The first-order valence-electron chi connectivity index (χ1n) is 14.0. The quantitative estimate of drug-likeness (QED) is 0.206. The van der Waals surface area contributed by atoms with Gasteiger partial charge >= 0.3 is 5.97 Å². The lowest BCUT2D eigenvalue weighted by molar-refractivity contribution is -0.158. The lowest BCUT2D eigenvalue weighted by atomic mass is 9.77. The van der Waals surface area contributed by atoms with Crippen molar-refractivity contribution < 1.29 is 23.4 Å². The van der Waals surface area contributed by atoms with E-state index in [1.165, 1.54) is 0 Å². The van der Waals surface area contributed by atoms with Crippen molar-refractivity contribution in [1.82, 2.24) is 4.98 Å². The summed E-state index contributed by atoms with van der Waals surface area (Å²) in [5, 5.41) is 3.14. The van der Waals surface area contributed by atoms with Gasteiger partial charge in [-0.2, -0.15) is 0 Å². The molecule has 8 heteroatoms. The highest BCUT2D eigenvalue weighted by molar-refractivity contribution is 7.10. The zero-order chi connectivity index (χ0) is 28.1. The number of carbonyl (C=O) groups is 1. The van der Waals surface area contributed by atoms with Gasteiger partial charge in [0.2, 0.25) is 0 Å². The van der Waals surface area contributed by atoms with E-state index in [2.05, 4.69) is 53.1 Å². The molecule has 1 heterocycles. The number of esters is 1. The number of nitrogens with zero attached hydrogens (tertiary/aromatic N) is 1. The van der Waals surface area contributed by atoms with Gasteiger partial charge in [-0.05, 0) is 75.0 Å². The van der Waals surface area contributed by atoms with Crippen molar-refractivity contribution in [3.8, 4) is 17.0 Å². The van der Waals surface area contributed by atoms with E-state index >= 15 is 0 Å². The van der Waals surface area contributed by atoms with Crippen LogP contribution in [0.5, 0.6) is 5.75 Å². The molecule has 1 aromatic heterocycles. The molecule has 212 valence electrons. The van der Waals surface area contributed by atoms with Gasteiger partial charge in [0.1, 0.15) is 5.75 Å². The molecule has 1 aromatic carbocycles. The Morgan fingerprint density at radius 3 is 2.32 bits per heavy atom. The molecule has 1 aliphatic carbocycles. The van der Waals surface area contributed by atoms with Gasteiger partial charge in [-0.3, -0.25) is 4.79 Å². The fraction of sp³-hybridized carbons (Fsp3) is 0.667. The summed E-state index contributed by atoms with van der Waals surface area (Å²) < 4.78 is 24.7. The molecule has 1 aliphatic rings. The third-order valence-electron chi connectivity index (χ3n) is 8.18. The van der Waals surface area contributed by atoms with Crippen LogP contribution in [-0.4, -0.2) is 51.3 Å². The Bertz CT molecular complexity index is 1030.